The van der Waals surface area contributed by atoms with E-state index in [2.05, 4.69) is 5.32 Å². The summed E-state index contributed by atoms with van der Waals surface area (Å²) in [5.74, 6) is -1.61. The van der Waals surface area contributed by atoms with Gasteiger partial charge in [-0.3, -0.25) is 14.9 Å². The number of aliphatic hydroxyl groups is 1. The Morgan fingerprint density at radius 1 is 1.58 bits per heavy atom. The van der Waals surface area contributed by atoms with Gasteiger partial charge in [0.15, 0.2) is 0 Å². The first-order valence-corrected chi connectivity index (χ1v) is 5.33. The first kappa shape index (κ1) is 15.0. The average molecular weight is 272 g/mol. The highest BCUT2D eigenvalue weighted by atomic mass is 19.1. The average Bonchev–Trinajstić information content (AvgIpc) is 2.37. The van der Waals surface area contributed by atoms with E-state index in [-0.39, 0.29) is 18.8 Å². The normalized spacial score (nSPS) is 11.9. The van der Waals surface area contributed by atoms with Crippen molar-refractivity contribution >= 4 is 11.6 Å². The van der Waals surface area contributed by atoms with Crippen molar-refractivity contribution < 1.29 is 24.0 Å². The number of halogens is 1. The molecule has 0 spiro atoms. The van der Waals surface area contributed by atoms with Crippen LogP contribution in [0.25, 0.3) is 0 Å². The Kier molecular flexibility index (Phi) is 5.34. The third-order valence-corrected chi connectivity index (χ3v) is 2.28. The lowest BCUT2D eigenvalue weighted by Gasteiger charge is -2.15. The maximum Gasteiger partial charge on any atom is 0.273 e. The molecule has 7 nitrogen and oxygen atoms in total. The summed E-state index contributed by atoms with van der Waals surface area (Å²) >= 11 is 0. The zero-order valence-corrected chi connectivity index (χ0v) is 10.1. The van der Waals surface area contributed by atoms with E-state index in [1.54, 1.807) is 0 Å². The summed E-state index contributed by atoms with van der Waals surface area (Å²) in [5.41, 5.74) is -0.710. The van der Waals surface area contributed by atoms with Crippen molar-refractivity contribution in [2.45, 2.75) is 6.04 Å². The largest absolute Gasteiger partial charge is 0.394 e. The number of nitro groups is 1. The molecule has 0 fully saturated rings. The molecule has 0 heterocycles. The number of amides is 1. The molecule has 104 valence electrons. The van der Waals surface area contributed by atoms with Crippen molar-refractivity contribution in [3.8, 4) is 0 Å². The Morgan fingerprint density at radius 2 is 2.26 bits per heavy atom. The first-order valence-electron chi connectivity index (χ1n) is 5.33. The first-order chi connectivity index (χ1) is 8.97. The van der Waals surface area contributed by atoms with Crippen LogP contribution in [0.4, 0.5) is 10.1 Å². The fraction of sp³-hybridized carbons (Fsp3) is 0.364. The number of rotatable bonds is 6. The maximum atomic E-state index is 13.2. The SMILES string of the molecule is COCC(CO)NC(=O)c1cc(F)cc([N+](=O)[O-])c1. The Labute approximate surface area is 108 Å². The quantitative estimate of drug-likeness (QED) is 0.579. The summed E-state index contributed by atoms with van der Waals surface area (Å²) in [7, 11) is 1.39. The molecule has 19 heavy (non-hydrogen) atoms. The van der Waals surface area contributed by atoms with Crippen molar-refractivity contribution in [3.05, 3.63) is 39.7 Å². The Morgan fingerprint density at radius 3 is 2.79 bits per heavy atom. The number of aliphatic hydroxyl groups excluding tert-OH is 1. The zero-order chi connectivity index (χ0) is 14.4. The topological polar surface area (TPSA) is 102 Å². The van der Waals surface area contributed by atoms with Crippen LogP contribution in [0.5, 0.6) is 0 Å². The van der Waals surface area contributed by atoms with E-state index in [9.17, 15) is 19.3 Å². The van der Waals surface area contributed by atoms with Crippen molar-refractivity contribution in [1.82, 2.24) is 5.32 Å². The van der Waals surface area contributed by atoms with Crippen LogP contribution in [0.1, 0.15) is 10.4 Å². The molecule has 0 aliphatic heterocycles. The Bertz CT molecular complexity index is 480. The van der Waals surface area contributed by atoms with E-state index in [0.717, 1.165) is 18.2 Å². The van der Waals surface area contributed by atoms with Gasteiger partial charge >= 0.3 is 0 Å². The predicted octanol–water partition coefficient (Wildman–Crippen LogP) is 0.471. The fourth-order valence-corrected chi connectivity index (χ4v) is 1.42. The molecule has 0 aromatic heterocycles. The van der Waals surface area contributed by atoms with Gasteiger partial charge in [0.05, 0.1) is 30.2 Å². The minimum Gasteiger partial charge on any atom is -0.394 e. The number of hydrogen-bond donors (Lipinski definition) is 2. The van der Waals surface area contributed by atoms with Crippen LogP contribution in [-0.2, 0) is 4.74 Å². The second-order valence-electron chi connectivity index (χ2n) is 3.76. The number of nitrogens with one attached hydrogen (secondary N) is 1. The maximum absolute atomic E-state index is 13.2. The molecule has 1 amide bonds. The van der Waals surface area contributed by atoms with Gasteiger partial charge in [-0.1, -0.05) is 0 Å². The standard InChI is InChI=1S/C11H13FN2O5/c1-19-6-9(5-15)13-11(16)7-2-8(12)4-10(3-7)14(17)18/h2-4,9,15H,5-6H2,1H3,(H,13,16). The van der Waals surface area contributed by atoms with Gasteiger partial charge in [-0.05, 0) is 6.07 Å². The lowest BCUT2D eigenvalue weighted by atomic mass is 10.1. The van der Waals surface area contributed by atoms with Crippen LogP contribution in [-0.4, -0.2) is 42.3 Å². The molecule has 8 heteroatoms. The van der Waals surface area contributed by atoms with Crippen molar-refractivity contribution in [2.75, 3.05) is 20.3 Å². The molecule has 0 bridgehead atoms. The number of methoxy groups -OCH3 is 1. The molecule has 1 unspecified atom stereocenters. The molecule has 1 atom stereocenters. The van der Waals surface area contributed by atoms with E-state index in [0.29, 0.717) is 0 Å². The minimum absolute atomic E-state index is 0.0691. The number of non-ortho nitro benzene ring substituents is 1. The van der Waals surface area contributed by atoms with Crippen molar-refractivity contribution in [2.24, 2.45) is 0 Å². The van der Waals surface area contributed by atoms with E-state index in [1.165, 1.54) is 7.11 Å². The van der Waals surface area contributed by atoms with E-state index < -0.39 is 28.4 Å². The van der Waals surface area contributed by atoms with Crippen LogP contribution >= 0.6 is 0 Å². The molecule has 0 aliphatic carbocycles. The molecule has 0 saturated heterocycles. The van der Waals surface area contributed by atoms with Gasteiger partial charge in [0.25, 0.3) is 11.6 Å². The number of ether oxygens (including phenoxy) is 1. The molecular formula is C11H13FN2O5. The summed E-state index contributed by atoms with van der Waals surface area (Å²) in [5, 5.41) is 21.9. The molecule has 0 radical (unpaired) electrons. The van der Waals surface area contributed by atoms with Crippen LogP contribution in [0.2, 0.25) is 0 Å². The molecular weight excluding hydrogens is 259 g/mol. The lowest BCUT2D eigenvalue weighted by molar-refractivity contribution is -0.385. The van der Waals surface area contributed by atoms with Crippen molar-refractivity contribution in [1.29, 1.82) is 0 Å². The molecule has 1 rings (SSSR count). The van der Waals surface area contributed by atoms with Gasteiger partial charge in [0.1, 0.15) is 5.82 Å². The van der Waals surface area contributed by atoms with Crippen LogP contribution in [0, 0.1) is 15.9 Å². The number of carbonyl (C=O) groups excluding carboxylic acids is 1. The smallest absolute Gasteiger partial charge is 0.273 e. The molecule has 1 aromatic rings. The summed E-state index contributed by atoms with van der Waals surface area (Å²) in [6.07, 6.45) is 0. The Hall–Kier alpha value is -2.06. The lowest BCUT2D eigenvalue weighted by Crippen LogP contribution is -2.40. The van der Waals surface area contributed by atoms with Crippen LogP contribution in [0.15, 0.2) is 18.2 Å². The minimum atomic E-state index is -0.883. The number of nitro benzene ring substituents is 1. The van der Waals surface area contributed by atoms with Gasteiger partial charge in [-0.15, -0.1) is 0 Å². The summed E-state index contributed by atoms with van der Waals surface area (Å²) in [4.78, 5) is 21.5. The van der Waals surface area contributed by atoms with Crippen molar-refractivity contribution in [3.63, 3.8) is 0 Å². The van der Waals surface area contributed by atoms with Gasteiger partial charge in [-0.2, -0.15) is 0 Å². The highest BCUT2D eigenvalue weighted by Gasteiger charge is 2.17. The summed E-state index contributed by atoms with van der Waals surface area (Å²) in [6.45, 7) is -0.295. The second kappa shape index (κ2) is 6.76. The van der Waals surface area contributed by atoms with Gasteiger partial charge in [0.2, 0.25) is 0 Å². The van der Waals surface area contributed by atoms with Crippen LogP contribution < -0.4 is 5.32 Å². The molecule has 1 aromatic carbocycles. The third-order valence-electron chi connectivity index (χ3n) is 2.28. The highest BCUT2D eigenvalue weighted by Crippen LogP contribution is 2.16. The van der Waals surface area contributed by atoms with Crippen LogP contribution in [0.3, 0.4) is 0 Å². The van der Waals surface area contributed by atoms with Gasteiger partial charge in [-0.25, -0.2) is 4.39 Å². The number of hydrogen-bond acceptors (Lipinski definition) is 5. The zero-order valence-electron chi connectivity index (χ0n) is 10.1. The second-order valence-corrected chi connectivity index (χ2v) is 3.76. The molecule has 0 aliphatic rings. The number of carbonyl (C=O) groups is 1. The molecule has 2 N–H and O–H groups in total. The highest BCUT2D eigenvalue weighted by molar-refractivity contribution is 5.95. The van der Waals surface area contributed by atoms with E-state index >= 15 is 0 Å². The monoisotopic (exact) mass is 272 g/mol. The van der Waals surface area contributed by atoms with E-state index in [1.807, 2.05) is 0 Å². The van der Waals surface area contributed by atoms with E-state index in [4.69, 9.17) is 9.84 Å². The number of benzene rings is 1. The molecule has 0 saturated carbocycles. The van der Waals surface area contributed by atoms with Gasteiger partial charge < -0.3 is 15.2 Å². The summed E-state index contributed by atoms with van der Waals surface area (Å²) in [6, 6.07) is 1.89. The summed E-state index contributed by atoms with van der Waals surface area (Å²) < 4.78 is 17.9. The fourth-order valence-electron chi connectivity index (χ4n) is 1.42. The van der Waals surface area contributed by atoms with Gasteiger partial charge in [0, 0.05) is 18.7 Å². The predicted molar refractivity (Wildman–Crippen MR) is 63.3 cm³/mol. The number of nitrogens with zero attached hydrogens (tertiary/aromatic N) is 1. The Balaban J connectivity index is 2.90. The third kappa shape index (κ3) is 4.27.